The van der Waals surface area contributed by atoms with E-state index < -0.39 is 36.3 Å². The van der Waals surface area contributed by atoms with Crippen molar-refractivity contribution in [1.29, 1.82) is 0 Å². The molecular formula is C12H15N3O4. The third-order valence-corrected chi connectivity index (χ3v) is 2.46. The molecule has 2 amide bonds. The molecule has 0 radical (unpaired) electrons. The number of carbonyl (C=O) groups excluding carboxylic acids is 2. The molecule has 0 unspecified atom stereocenters. The fraction of sp³-hybridized carbons (Fsp3) is 0.250. The molecule has 0 heterocycles. The Bertz CT molecular complexity index is 475. The minimum Gasteiger partial charge on any atom is -0.480 e. The standard InChI is InChI=1S/C12H15N3O4/c13-9(16)6-8(12(18)19)15-11(17)10(14)7-4-2-1-3-5-7/h1-5,8,10H,6,14H2,(H2,13,16)(H,15,17)(H,18,19)/t8-,10+/m0/s1. The fourth-order valence-corrected chi connectivity index (χ4v) is 1.47. The first kappa shape index (κ1) is 14.7. The molecule has 2 atom stereocenters. The maximum Gasteiger partial charge on any atom is 0.326 e. The summed E-state index contributed by atoms with van der Waals surface area (Å²) in [5.41, 5.74) is 11.2. The van der Waals surface area contributed by atoms with Crippen LogP contribution in [0.1, 0.15) is 18.0 Å². The van der Waals surface area contributed by atoms with E-state index in [4.69, 9.17) is 16.6 Å². The van der Waals surface area contributed by atoms with Crippen molar-refractivity contribution in [3.8, 4) is 0 Å². The van der Waals surface area contributed by atoms with Gasteiger partial charge >= 0.3 is 5.97 Å². The molecule has 1 aromatic carbocycles. The lowest BCUT2D eigenvalue weighted by molar-refractivity contribution is -0.143. The largest absolute Gasteiger partial charge is 0.480 e. The quantitative estimate of drug-likeness (QED) is 0.530. The molecule has 0 saturated carbocycles. The molecule has 7 heteroatoms. The lowest BCUT2D eigenvalue weighted by Gasteiger charge is -2.17. The van der Waals surface area contributed by atoms with Crippen LogP contribution in [0.3, 0.4) is 0 Å². The van der Waals surface area contributed by atoms with E-state index in [0.29, 0.717) is 5.56 Å². The van der Waals surface area contributed by atoms with Crippen molar-refractivity contribution in [1.82, 2.24) is 5.32 Å². The van der Waals surface area contributed by atoms with Gasteiger partial charge in [0.1, 0.15) is 12.1 Å². The monoisotopic (exact) mass is 265 g/mol. The first-order valence-electron chi connectivity index (χ1n) is 5.54. The molecule has 0 saturated heterocycles. The Morgan fingerprint density at radius 3 is 2.26 bits per heavy atom. The van der Waals surface area contributed by atoms with E-state index in [1.165, 1.54) is 0 Å². The number of nitrogens with two attached hydrogens (primary N) is 2. The number of benzene rings is 1. The smallest absolute Gasteiger partial charge is 0.326 e. The van der Waals surface area contributed by atoms with Crippen molar-refractivity contribution in [2.24, 2.45) is 11.5 Å². The number of rotatable bonds is 6. The molecule has 7 nitrogen and oxygen atoms in total. The molecule has 0 bridgehead atoms. The van der Waals surface area contributed by atoms with Crippen molar-refractivity contribution < 1.29 is 19.5 Å². The summed E-state index contributed by atoms with van der Waals surface area (Å²) in [6.07, 6.45) is -0.484. The predicted octanol–water partition coefficient (Wildman–Crippen LogP) is -0.869. The summed E-state index contributed by atoms with van der Waals surface area (Å²) < 4.78 is 0. The Morgan fingerprint density at radius 1 is 1.21 bits per heavy atom. The van der Waals surface area contributed by atoms with E-state index in [2.05, 4.69) is 5.32 Å². The van der Waals surface area contributed by atoms with Crippen LogP contribution in [-0.4, -0.2) is 28.9 Å². The Labute approximate surface area is 109 Å². The second kappa shape index (κ2) is 6.50. The van der Waals surface area contributed by atoms with Gasteiger partial charge in [-0.3, -0.25) is 9.59 Å². The molecule has 1 rings (SSSR count). The molecule has 102 valence electrons. The number of amides is 2. The van der Waals surface area contributed by atoms with Crippen molar-refractivity contribution in [2.45, 2.75) is 18.5 Å². The summed E-state index contributed by atoms with van der Waals surface area (Å²) in [6.45, 7) is 0. The summed E-state index contributed by atoms with van der Waals surface area (Å²) in [6, 6.07) is 6.10. The number of carbonyl (C=O) groups is 3. The molecule has 6 N–H and O–H groups in total. The lowest BCUT2D eigenvalue weighted by atomic mass is 10.1. The fourth-order valence-electron chi connectivity index (χ4n) is 1.47. The topological polar surface area (TPSA) is 136 Å². The molecule has 0 aliphatic carbocycles. The van der Waals surface area contributed by atoms with E-state index >= 15 is 0 Å². The van der Waals surface area contributed by atoms with E-state index in [9.17, 15) is 14.4 Å². The first-order valence-corrected chi connectivity index (χ1v) is 5.54. The van der Waals surface area contributed by atoms with Crippen molar-refractivity contribution >= 4 is 17.8 Å². The SMILES string of the molecule is NC(=O)C[C@H](NC(=O)[C@H](N)c1ccccc1)C(=O)O. The molecule has 0 fully saturated rings. The summed E-state index contributed by atoms with van der Waals surface area (Å²) >= 11 is 0. The van der Waals surface area contributed by atoms with Gasteiger partial charge in [-0.1, -0.05) is 30.3 Å². The average molecular weight is 265 g/mol. The van der Waals surface area contributed by atoms with E-state index in [1.54, 1.807) is 30.3 Å². The summed E-state index contributed by atoms with van der Waals surface area (Å²) in [4.78, 5) is 33.4. The Balaban J connectivity index is 2.72. The van der Waals surface area contributed by atoms with Crippen molar-refractivity contribution in [3.05, 3.63) is 35.9 Å². The predicted molar refractivity (Wildman–Crippen MR) is 66.7 cm³/mol. The Kier molecular flexibility index (Phi) is 5.01. The van der Waals surface area contributed by atoms with Crippen LogP contribution in [0.5, 0.6) is 0 Å². The molecule has 0 aromatic heterocycles. The molecule has 19 heavy (non-hydrogen) atoms. The minimum absolute atomic E-state index is 0.484. The Hall–Kier alpha value is -2.41. The van der Waals surface area contributed by atoms with Crippen LogP contribution in [0.4, 0.5) is 0 Å². The number of hydrogen-bond acceptors (Lipinski definition) is 4. The zero-order chi connectivity index (χ0) is 14.4. The number of primary amides is 1. The maximum atomic E-state index is 11.8. The highest BCUT2D eigenvalue weighted by Gasteiger charge is 2.25. The van der Waals surface area contributed by atoms with E-state index in [1.807, 2.05) is 0 Å². The van der Waals surface area contributed by atoms with Gasteiger partial charge in [-0.15, -0.1) is 0 Å². The summed E-state index contributed by atoms with van der Waals surface area (Å²) in [7, 11) is 0. The normalized spacial score (nSPS) is 13.3. The van der Waals surface area contributed by atoms with E-state index in [-0.39, 0.29) is 0 Å². The van der Waals surface area contributed by atoms with E-state index in [0.717, 1.165) is 0 Å². The highest BCUT2D eigenvalue weighted by atomic mass is 16.4. The van der Waals surface area contributed by atoms with Gasteiger partial charge in [-0.25, -0.2) is 4.79 Å². The number of nitrogens with one attached hydrogen (secondary N) is 1. The molecular weight excluding hydrogens is 250 g/mol. The molecule has 0 aliphatic rings. The summed E-state index contributed by atoms with van der Waals surface area (Å²) in [5, 5.41) is 11.0. The highest BCUT2D eigenvalue weighted by Crippen LogP contribution is 2.09. The number of carboxylic acids is 1. The van der Waals surface area contributed by atoms with Gasteiger partial charge in [0, 0.05) is 0 Å². The van der Waals surface area contributed by atoms with Gasteiger partial charge in [-0.05, 0) is 5.56 Å². The minimum atomic E-state index is -1.38. The van der Waals surface area contributed by atoms with Crippen LogP contribution in [0.25, 0.3) is 0 Å². The molecule has 0 aliphatic heterocycles. The highest BCUT2D eigenvalue weighted by molar-refractivity contribution is 5.90. The number of aliphatic carboxylic acids is 1. The van der Waals surface area contributed by atoms with Crippen molar-refractivity contribution in [3.63, 3.8) is 0 Å². The van der Waals surface area contributed by atoms with Crippen LogP contribution in [0.15, 0.2) is 30.3 Å². The lowest BCUT2D eigenvalue weighted by Crippen LogP contribution is -2.46. The first-order chi connectivity index (χ1) is 8.91. The third-order valence-electron chi connectivity index (χ3n) is 2.46. The zero-order valence-electron chi connectivity index (χ0n) is 10.1. The van der Waals surface area contributed by atoms with Gasteiger partial charge in [0.05, 0.1) is 6.42 Å². The zero-order valence-corrected chi connectivity index (χ0v) is 10.1. The average Bonchev–Trinajstić information content (AvgIpc) is 2.37. The van der Waals surface area contributed by atoms with Crippen LogP contribution in [-0.2, 0) is 14.4 Å². The molecule has 1 aromatic rings. The number of carboxylic acid groups (broad SMARTS) is 1. The Morgan fingerprint density at radius 2 is 1.79 bits per heavy atom. The van der Waals surface area contributed by atoms with Crippen LogP contribution in [0.2, 0.25) is 0 Å². The second-order valence-electron chi connectivity index (χ2n) is 3.96. The van der Waals surface area contributed by atoms with Gasteiger partial charge in [0.15, 0.2) is 0 Å². The van der Waals surface area contributed by atoms with Crippen LogP contribution < -0.4 is 16.8 Å². The van der Waals surface area contributed by atoms with Gasteiger partial charge in [-0.2, -0.15) is 0 Å². The van der Waals surface area contributed by atoms with Gasteiger partial charge in [0.25, 0.3) is 0 Å². The van der Waals surface area contributed by atoms with Crippen LogP contribution in [0, 0.1) is 0 Å². The second-order valence-corrected chi connectivity index (χ2v) is 3.96. The maximum absolute atomic E-state index is 11.8. The van der Waals surface area contributed by atoms with Crippen LogP contribution >= 0.6 is 0 Å². The third kappa shape index (κ3) is 4.40. The summed E-state index contributed by atoms with van der Waals surface area (Å²) in [5.74, 6) is -2.84. The number of hydrogen-bond donors (Lipinski definition) is 4. The van der Waals surface area contributed by atoms with Gasteiger partial charge in [0.2, 0.25) is 11.8 Å². The molecule has 0 spiro atoms. The van der Waals surface area contributed by atoms with Gasteiger partial charge < -0.3 is 21.9 Å². The van der Waals surface area contributed by atoms with Crippen molar-refractivity contribution in [2.75, 3.05) is 0 Å².